The van der Waals surface area contributed by atoms with Crippen molar-refractivity contribution in [2.24, 2.45) is 5.92 Å². The van der Waals surface area contributed by atoms with Crippen molar-refractivity contribution in [3.05, 3.63) is 11.3 Å². The van der Waals surface area contributed by atoms with Gasteiger partial charge in [0.2, 0.25) is 5.88 Å². The van der Waals surface area contributed by atoms with E-state index in [1.165, 1.54) is 0 Å². The highest BCUT2D eigenvalue weighted by Crippen LogP contribution is 2.17. The van der Waals surface area contributed by atoms with Crippen LogP contribution < -0.4 is 5.73 Å². The van der Waals surface area contributed by atoms with Gasteiger partial charge in [0.05, 0.1) is 0 Å². The van der Waals surface area contributed by atoms with Crippen LogP contribution in [-0.2, 0) is 6.42 Å². The number of anilines is 1. The molecule has 4 heteroatoms. The van der Waals surface area contributed by atoms with Gasteiger partial charge in [-0.1, -0.05) is 19.0 Å². The van der Waals surface area contributed by atoms with Crippen molar-refractivity contribution in [2.45, 2.75) is 20.3 Å². The lowest BCUT2D eigenvalue weighted by atomic mass is 10.1. The molecule has 4 nitrogen and oxygen atoms in total. The minimum Gasteiger partial charge on any atom is -0.366 e. The van der Waals surface area contributed by atoms with Crippen LogP contribution in [0.3, 0.4) is 0 Å². The Labute approximate surface area is 71.0 Å². The van der Waals surface area contributed by atoms with E-state index in [0.717, 1.165) is 6.42 Å². The van der Waals surface area contributed by atoms with E-state index < -0.39 is 0 Å². The van der Waals surface area contributed by atoms with Crippen LogP contribution in [0.2, 0.25) is 0 Å². The molecule has 0 bridgehead atoms. The van der Waals surface area contributed by atoms with Crippen molar-refractivity contribution in [3.63, 3.8) is 0 Å². The number of hydrogen-bond acceptors (Lipinski definition) is 4. The number of aromatic nitrogens is 1. The second-order valence-corrected chi connectivity index (χ2v) is 3.08. The Morgan fingerprint density at radius 3 is 2.83 bits per heavy atom. The van der Waals surface area contributed by atoms with Crippen molar-refractivity contribution in [1.82, 2.24) is 5.16 Å². The average Bonchev–Trinajstić information content (AvgIpc) is 2.30. The first-order valence-electron chi connectivity index (χ1n) is 3.79. The van der Waals surface area contributed by atoms with Gasteiger partial charge in [0.1, 0.15) is 17.3 Å². The third-order valence-corrected chi connectivity index (χ3v) is 1.50. The minimum atomic E-state index is 0.119. The molecule has 0 aliphatic rings. The Morgan fingerprint density at radius 2 is 2.33 bits per heavy atom. The first-order valence-corrected chi connectivity index (χ1v) is 3.79. The fourth-order valence-corrected chi connectivity index (χ4v) is 0.983. The smallest absolute Gasteiger partial charge is 0.240 e. The zero-order valence-electron chi connectivity index (χ0n) is 7.16. The number of hydrogen-bond donors (Lipinski definition) is 1. The van der Waals surface area contributed by atoms with Gasteiger partial charge in [-0.25, -0.2) is 0 Å². The molecule has 1 heterocycles. The van der Waals surface area contributed by atoms with E-state index in [0.29, 0.717) is 17.2 Å². The molecule has 12 heavy (non-hydrogen) atoms. The molecule has 2 N–H and O–H groups in total. The van der Waals surface area contributed by atoms with Gasteiger partial charge >= 0.3 is 0 Å². The molecule has 64 valence electrons. The van der Waals surface area contributed by atoms with Gasteiger partial charge in [0, 0.05) is 0 Å². The van der Waals surface area contributed by atoms with Crippen LogP contribution in [-0.4, -0.2) is 5.16 Å². The zero-order valence-corrected chi connectivity index (χ0v) is 7.16. The Balaban J connectivity index is 2.94. The summed E-state index contributed by atoms with van der Waals surface area (Å²) in [7, 11) is 0. The maximum absolute atomic E-state index is 8.67. The van der Waals surface area contributed by atoms with E-state index in [2.05, 4.69) is 5.16 Å². The van der Waals surface area contributed by atoms with Gasteiger partial charge in [-0.3, -0.25) is 0 Å². The lowest BCUT2D eigenvalue weighted by Crippen LogP contribution is -1.97. The zero-order chi connectivity index (χ0) is 9.14. The van der Waals surface area contributed by atoms with Gasteiger partial charge in [0.15, 0.2) is 0 Å². The summed E-state index contributed by atoms with van der Waals surface area (Å²) in [5.41, 5.74) is 6.41. The van der Waals surface area contributed by atoms with E-state index in [4.69, 9.17) is 15.5 Å². The molecule has 0 saturated carbocycles. The summed E-state index contributed by atoms with van der Waals surface area (Å²) in [6.07, 6.45) is 0.726. The standard InChI is InChI=1S/C8H11N3O/c1-5(2)3-7-6(4-9)8(10)12-11-7/h5H,3,10H2,1-2H3. The molecule has 0 aliphatic heterocycles. The normalized spacial score (nSPS) is 10.2. The van der Waals surface area contributed by atoms with Crippen LogP contribution in [0.1, 0.15) is 25.1 Å². The van der Waals surface area contributed by atoms with E-state index in [-0.39, 0.29) is 5.88 Å². The third kappa shape index (κ3) is 1.56. The lowest BCUT2D eigenvalue weighted by Gasteiger charge is -1.98. The monoisotopic (exact) mass is 165 g/mol. The van der Waals surface area contributed by atoms with Crippen LogP contribution in [0.5, 0.6) is 0 Å². The van der Waals surface area contributed by atoms with Crippen LogP contribution in [0, 0.1) is 17.2 Å². The van der Waals surface area contributed by atoms with Crippen molar-refractivity contribution in [1.29, 1.82) is 5.26 Å². The van der Waals surface area contributed by atoms with Crippen LogP contribution in [0.15, 0.2) is 4.52 Å². The first kappa shape index (κ1) is 8.60. The molecule has 1 rings (SSSR count). The highest BCUT2D eigenvalue weighted by Gasteiger charge is 2.13. The van der Waals surface area contributed by atoms with Crippen molar-refractivity contribution in [3.8, 4) is 6.07 Å². The number of rotatable bonds is 2. The molecule has 1 aromatic heterocycles. The highest BCUT2D eigenvalue weighted by molar-refractivity contribution is 5.48. The van der Waals surface area contributed by atoms with Crippen LogP contribution in [0.25, 0.3) is 0 Å². The quantitative estimate of drug-likeness (QED) is 0.717. The number of nitrogen functional groups attached to an aromatic ring is 1. The van der Waals surface area contributed by atoms with Gasteiger partial charge in [-0.15, -0.1) is 0 Å². The number of nitriles is 1. The summed E-state index contributed by atoms with van der Waals surface area (Å²) < 4.78 is 4.69. The molecular formula is C8H11N3O. The number of nitrogens with zero attached hydrogens (tertiary/aromatic N) is 2. The number of nitrogens with two attached hydrogens (primary N) is 1. The lowest BCUT2D eigenvalue weighted by molar-refractivity contribution is 0.422. The van der Waals surface area contributed by atoms with Crippen molar-refractivity contribution >= 4 is 5.88 Å². The highest BCUT2D eigenvalue weighted by atomic mass is 16.5. The van der Waals surface area contributed by atoms with E-state index in [1.807, 2.05) is 19.9 Å². The fraction of sp³-hybridized carbons (Fsp3) is 0.500. The SMILES string of the molecule is CC(C)Cc1noc(N)c1C#N. The molecule has 1 aromatic rings. The molecule has 0 aliphatic carbocycles. The first-order chi connectivity index (χ1) is 5.65. The summed E-state index contributed by atoms with van der Waals surface area (Å²) in [5.74, 6) is 0.565. The topological polar surface area (TPSA) is 75.8 Å². The van der Waals surface area contributed by atoms with Gasteiger partial charge in [-0.05, 0) is 12.3 Å². The summed E-state index contributed by atoms with van der Waals surface area (Å²) >= 11 is 0. The Bertz CT molecular complexity index is 309. The third-order valence-electron chi connectivity index (χ3n) is 1.50. The minimum absolute atomic E-state index is 0.119. The molecular weight excluding hydrogens is 154 g/mol. The fourth-order valence-electron chi connectivity index (χ4n) is 0.983. The summed E-state index contributed by atoms with van der Waals surface area (Å²) in [6.45, 7) is 4.10. The van der Waals surface area contributed by atoms with Crippen LogP contribution in [0.4, 0.5) is 5.88 Å². The maximum Gasteiger partial charge on any atom is 0.240 e. The largest absolute Gasteiger partial charge is 0.366 e. The second kappa shape index (κ2) is 3.26. The van der Waals surface area contributed by atoms with Crippen molar-refractivity contribution in [2.75, 3.05) is 5.73 Å². The molecule has 0 radical (unpaired) electrons. The second-order valence-electron chi connectivity index (χ2n) is 3.08. The molecule has 0 unspecified atom stereocenters. The van der Waals surface area contributed by atoms with Gasteiger partial charge in [0.25, 0.3) is 0 Å². The van der Waals surface area contributed by atoms with E-state index >= 15 is 0 Å². The molecule has 0 atom stereocenters. The maximum atomic E-state index is 8.67. The Kier molecular flexibility index (Phi) is 2.34. The van der Waals surface area contributed by atoms with Crippen LogP contribution >= 0.6 is 0 Å². The molecule has 0 amide bonds. The predicted octanol–water partition coefficient (Wildman–Crippen LogP) is 1.33. The summed E-state index contributed by atoms with van der Waals surface area (Å²) in [5, 5.41) is 12.4. The summed E-state index contributed by atoms with van der Waals surface area (Å²) in [6, 6.07) is 1.97. The van der Waals surface area contributed by atoms with E-state index in [1.54, 1.807) is 0 Å². The van der Waals surface area contributed by atoms with Crippen molar-refractivity contribution < 1.29 is 4.52 Å². The molecule has 0 aromatic carbocycles. The molecule has 0 saturated heterocycles. The van der Waals surface area contributed by atoms with E-state index in [9.17, 15) is 0 Å². The average molecular weight is 165 g/mol. The van der Waals surface area contributed by atoms with Gasteiger partial charge in [-0.2, -0.15) is 5.26 Å². The Morgan fingerprint density at radius 1 is 1.67 bits per heavy atom. The summed E-state index contributed by atoms with van der Waals surface area (Å²) in [4.78, 5) is 0. The molecule has 0 fully saturated rings. The molecule has 0 spiro atoms. The van der Waals surface area contributed by atoms with Gasteiger partial charge < -0.3 is 10.3 Å². The predicted molar refractivity (Wildman–Crippen MR) is 44.2 cm³/mol. The Hall–Kier alpha value is -1.50.